The Labute approximate surface area is 232 Å². The molecular formula is C27H30O14. The number of hydrogen-bond acceptors (Lipinski definition) is 14. The Morgan fingerprint density at radius 2 is 1.37 bits per heavy atom. The van der Waals surface area contributed by atoms with Gasteiger partial charge in [-0.15, -0.1) is 0 Å². The van der Waals surface area contributed by atoms with Crippen LogP contribution in [0.3, 0.4) is 0 Å². The van der Waals surface area contributed by atoms with Crippen LogP contribution in [0, 0.1) is 0 Å². The van der Waals surface area contributed by atoms with E-state index in [-0.39, 0.29) is 22.3 Å². The van der Waals surface area contributed by atoms with Crippen molar-refractivity contribution in [2.75, 3.05) is 7.11 Å². The van der Waals surface area contributed by atoms with E-state index in [0.717, 1.165) is 6.07 Å². The minimum absolute atomic E-state index is 0.0544. The van der Waals surface area contributed by atoms with Crippen LogP contribution in [0.2, 0.25) is 0 Å². The number of rotatable bonds is 6. The molecule has 2 aromatic carbocycles. The van der Waals surface area contributed by atoms with Crippen molar-refractivity contribution in [2.45, 2.75) is 68.5 Å². The van der Waals surface area contributed by atoms with Gasteiger partial charge < -0.3 is 63.8 Å². The average Bonchev–Trinajstić information content (AvgIpc) is 2.96. The van der Waals surface area contributed by atoms with Gasteiger partial charge in [-0.25, -0.2) is 0 Å². The number of phenols is 1. The second-order valence-electron chi connectivity index (χ2n) is 9.80. The minimum atomic E-state index is -1.86. The lowest BCUT2D eigenvalue weighted by molar-refractivity contribution is -0.388. The molecule has 2 aliphatic heterocycles. The Morgan fingerprint density at radius 3 is 2.02 bits per heavy atom. The van der Waals surface area contributed by atoms with Crippen LogP contribution in [-0.4, -0.2) is 104 Å². The predicted octanol–water partition coefficient (Wildman–Crippen LogP) is -0.838. The highest BCUT2D eigenvalue weighted by Gasteiger charge is 2.50. The molecule has 0 saturated carbocycles. The molecule has 14 heteroatoms. The molecule has 2 saturated heterocycles. The number of fused-ring (bicyclic) bond motifs is 1. The first-order valence-corrected chi connectivity index (χ1v) is 12.6. The van der Waals surface area contributed by atoms with Gasteiger partial charge >= 0.3 is 0 Å². The van der Waals surface area contributed by atoms with E-state index in [1.165, 1.54) is 26.4 Å². The molecule has 14 nitrogen and oxygen atoms in total. The van der Waals surface area contributed by atoms with Crippen LogP contribution in [0.5, 0.6) is 17.2 Å². The van der Waals surface area contributed by atoms with Gasteiger partial charge in [0.2, 0.25) is 11.7 Å². The van der Waals surface area contributed by atoms with E-state index in [0.29, 0.717) is 11.3 Å². The first-order chi connectivity index (χ1) is 19.5. The van der Waals surface area contributed by atoms with E-state index in [9.17, 15) is 40.5 Å². The van der Waals surface area contributed by atoms with Gasteiger partial charge in [-0.3, -0.25) is 4.79 Å². The van der Waals surface area contributed by atoms with Crippen molar-refractivity contribution in [3.05, 3.63) is 52.9 Å². The fraction of sp³-hybridized carbons (Fsp3) is 0.444. The molecule has 3 heterocycles. The SMILES string of the molecule is COc1ccc(-c2coc3cc(O[C@@H]4O[C@H](O[C@@H]5O[C@@H](C)[C@H](O)[C@@H](O)[C@H]5O)[C@@H](O)[C@H](O)[C@H]4O)cc(O)c3c2=O)cc1. The van der Waals surface area contributed by atoms with Crippen molar-refractivity contribution < 1.29 is 63.8 Å². The second kappa shape index (κ2) is 11.5. The Kier molecular flexibility index (Phi) is 8.20. The molecule has 7 N–H and O–H groups in total. The summed E-state index contributed by atoms with van der Waals surface area (Å²) in [6.07, 6.45) is -15.0. The number of hydrogen-bond donors (Lipinski definition) is 7. The summed E-state index contributed by atoms with van der Waals surface area (Å²) in [7, 11) is 1.51. The smallest absolute Gasteiger partial charge is 0.231 e. The van der Waals surface area contributed by atoms with Gasteiger partial charge in [-0.1, -0.05) is 12.1 Å². The molecule has 0 bridgehead atoms. The molecular weight excluding hydrogens is 548 g/mol. The molecule has 0 unspecified atom stereocenters. The summed E-state index contributed by atoms with van der Waals surface area (Å²) in [5, 5.41) is 71.9. The summed E-state index contributed by atoms with van der Waals surface area (Å²) in [5.74, 6) is -0.0437. The number of methoxy groups -OCH3 is 1. The van der Waals surface area contributed by atoms with Crippen molar-refractivity contribution in [1.29, 1.82) is 0 Å². The lowest BCUT2D eigenvalue weighted by Crippen LogP contribution is -2.63. The monoisotopic (exact) mass is 578 g/mol. The zero-order valence-corrected chi connectivity index (χ0v) is 21.8. The highest BCUT2D eigenvalue weighted by Crippen LogP contribution is 2.34. The molecule has 3 aromatic rings. The Morgan fingerprint density at radius 1 is 0.756 bits per heavy atom. The Balaban J connectivity index is 1.37. The fourth-order valence-corrected chi connectivity index (χ4v) is 4.67. The van der Waals surface area contributed by atoms with Crippen molar-refractivity contribution in [1.82, 2.24) is 0 Å². The maximum absolute atomic E-state index is 13.2. The van der Waals surface area contributed by atoms with Crippen molar-refractivity contribution in [3.63, 3.8) is 0 Å². The summed E-state index contributed by atoms with van der Waals surface area (Å²) in [6, 6.07) is 8.99. The zero-order chi connectivity index (χ0) is 29.6. The summed E-state index contributed by atoms with van der Waals surface area (Å²) in [5.41, 5.74) is 0.142. The molecule has 0 aliphatic carbocycles. The maximum Gasteiger partial charge on any atom is 0.231 e. The third kappa shape index (κ3) is 5.49. The van der Waals surface area contributed by atoms with Gasteiger partial charge in [-0.2, -0.15) is 0 Å². The summed E-state index contributed by atoms with van der Waals surface area (Å²) < 4.78 is 32.6. The number of ether oxygens (including phenoxy) is 5. The van der Waals surface area contributed by atoms with Gasteiger partial charge in [0.05, 0.1) is 18.8 Å². The van der Waals surface area contributed by atoms with Crippen LogP contribution in [0.4, 0.5) is 0 Å². The lowest BCUT2D eigenvalue weighted by atomic mass is 10.00. The largest absolute Gasteiger partial charge is 0.507 e. The minimum Gasteiger partial charge on any atom is -0.507 e. The second-order valence-corrected chi connectivity index (χ2v) is 9.80. The van der Waals surface area contributed by atoms with E-state index >= 15 is 0 Å². The van der Waals surface area contributed by atoms with Crippen molar-refractivity contribution >= 4 is 11.0 Å². The van der Waals surface area contributed by atoms with E-state index in [1.807, 2.05) is 0 Å². The fourth-order valence-electron chi connectivity index (χ4n) is 4.67. The lowest BCUT2D eigenvalue weighted by Gasteiger charge is -2.44. The maximum atomic E-state index is 13.2. The molecule has 41 heavy (non-hydrogen) atoms. The summed E-state index contributed by atoms with van der Waals surface area (Å²) in [4.78, 5) is 13.2. The summed E-state index contributed by atoms with van der Waals surface area (Å²) >= 11 is 0. The summed E-state index contributed by atoms with van der Waals surface area (Å²) in [6.45, 7) is 1.42. The predicted molar refractivity (Wildman–Crippen MR) is 137 cm³/mol. The van der Waals surface area contributed by atoms with Gasteiger partial charge in [-0.05, 0) is 24.6 Å². The van der Waals surface area contributed by atoms with Crippen LogP contribution in [0.1, 0.15) is 6.92 Å². The average molecular weight is 579 g/mol. The highest BCUT2D eigenvalue weighted by molar-refractivity contribution is 5.88. The molecule has 1 aromatic heterocycles. The third-order valence-corrected chi connectivity index (χ3v) is 7.09. The van der Waals surface area contributed by atoms with Gasteiger partial charge in [0.1, 0.15) is 71.1 Å². The van der Waals surface area contributed by atoms with Gasteiger partial charge in [0.25, 0.3) is 0 Å². The van der Waals surface area contributed by atoms with Crippen LogP contribution in [0.25, 0.3) is 22.1 Å². The molecule has 5 rings (SSSR count). The Bertz CT molecular complexity index is 1420. The first kappa shape index (κ1) is 29.2. The van der Waals surface area contributed by atoms with Gasteiger partial charge in [0, 0.05) is 12.1 Å². The van der Waals surface area contributed by atoms with E-state index in [4.69, 9.17) is 28.1 Å². The standard InChI is InChI=1S/C27H30O14/c1-10-18(29)20(31)22(33)25(38-10)40-27-24(35)21(32)23(34)26(41-27)39-13-7-15(28)17-16(8-13)37-9-14(19(17)30)11-3-5-12(36-2)6-4-11/h3-10,18,20-29,31-35H,1-2H3/t10-,18-,20+,21+,22+,23+,24-,25-,26+,27-/m0/s1. The molecule has 0 radical (unpaired) electrons. The van der Waals surface area contributed by atoms with E-state index < -0.39 is 72.8 Å². The molecule has 0 amide bonds. The number of phenolic OH excluding ortho intramolecular Hbond substituents is 1. The van der Waals surface area contributed by atoms with Crippen LogP contribution >= 0.6 is 0 Å². The normalized spacial score (nSPS) is 34.0. The quantitative estimate of drug-likeness (QED) is 0.190. The molecule has 10 atom stereocenters. The number of benzene rings is 2. The first-order valence-electron chi connectivity index (χ1n) is 12.6. The van der Waals surface area contributed by atoms with Crippen LogP contribution in [0.15, 0.2) is 51.9 Å². The van der Waals surface area contributed by atoms with Crippen molar-refractivity contribution in [3.8, 4) is 28.4 Å². The zero-order valence-electron chi connectivity index (χ0n) is 21.8. The van der Waals surface area contributed by atoms with Crippen molar-refractivity contribution in [2.24, 2.45) is 0 Å². The van der Waals surface area contributed by atoms with E-state index in [2.05, 4.69) is 0 Å². The van der Waals surface area contributed by atoms with Gasteiger partial charge in [0.15, 0.2) is 12.6 Å². The number of aliphatic hydroxyl groups excluding tert-OH is 6. The van der Waals surface area contributed by atoms with Crippen LogP contribution in [-0.2, 0) is 14.2 Å². The van der Waals surface area contributed by atoms with Crippen LogP contribution < -0.4 is 14.9 Å². The highest BCUT2D eigenvalue weighted by atomic mass is 16.8. The molecule has 2 aliphatic rings. The van der Waals surface area contributed by atoms with E-state index in [1.54, 1.807) is 24.3 Å². The Hall–Kier alpha value is -3.31. The number of aliphatic hydroxyl groups is 6. The molecule has 222 valence electrons. The number of aromatic hydroxyl groups is 1. The molecule has 2 fully saturated rings. The third-order valence-electron chi connectivity index (χ3n) is 7.09. The molecule has 0 spiro atoms. The topological polar surface area (TPSA) is 218 Å².